The van der Waals surface area contributed by atoms with Gasteiger partial charge in [0.2, 0.25) is 0 Å². The van der Waals surface area contributed by atoms with Gasteiger partial charge in [-0.15, -0.1) is 0 Å². The molecule has 0 saturated carbocycles. The predicted octanol–water partition coefficient (Wildman–Crippen LogP) is -0.277. The minimum Gasteiger partial charge on any atom is -0.422 e. The summed E-state index contributed by atoms with van der Waals surface area (Å²) in [6, 6.07) is 1.93. The zero-order valence-electron chi connectivity index (χ0n) is 4.59. The lowest BCUT2D eigenvalue weighted by Gasteiger charge is -1.92. The van der Waals surface area contributed by atoms with E-state index in [1.165, 1.54) is 0 Å². The Morgan fingerprint density at radius 2 is 2.38 bits per heavy atom. The van der Waals surface area contributed by atoms with Crippen molar-refractivity contribution < 1.29 is 10.2 Å². The van der Waals surface area contributed by atoms with Crippen LogP contribution in [0.1, 0.15) is 19.3 Å². The minimum absolute atomic E-state index is 0.410. The Labute approximate surface area is 48.2 Å². The Balaban J connectivity index is 2.85. The molecule has 3 heteroatoms. The second kappa shape index (κ2) is 4.57. The Hall–Kier alpha value is -0.590. The highest BCUT2D eigenvalue weighted by Gasteiger charge is 1.98. The Morgan fingerprint density at radius 3 is 2.75 bits per heavy atom. The van der Waals surface area contributed by atoms with Gasteiger partial charge in [0.15, 0.2) is 0 Å². The average Bonchev–Trinajstić information content (AvgIpc) is 1.66. The van der Waals surface area contributed by atoms with Gasteiger partial charge in [0.1, 0.15) is 0 Å². The van der Waals surface area contributed by atoms with Crippen LogP contribution < -0.4 is 0 Å². The topological polar surface area (TPSA) is 66.9 Å². The van der Waals surface area contributed by atoms with Gasteiger partial charge in [-0.05, 0) is 6.42 Å². The highest BCUT2D eigenvalue weighted by atomic mass is 16.5. The van der Waals surface area contributed by atoms with Crippen molar-refractivity contribution in [2.24, 2.45) is 0 Å². The van der Waals surface area contributed by atoms with Gasteiger partial charge in [-0.1, -0.05) is 0 Å². The summed E-state index contributed by atoms with van der Waals surface area (Å²) < 4.78 is 0. The number of nitriles is 1. The van der Waals surface area contributed by atoms with Crippen molar-refractivity contribution in [1.29, 1.82) is 5.26 Å². The van der Waals surface area contributed by atoms with E-state index in [1.807, 2.05) is 6.07 Å². The van der Waals surface area contributed by atoms with Crippen LogP contribution in [0, 0.1) is 11.3 Å². The van der Waals surface area contributed by atoms with Gasteiger partial charge in [-0.2, -0.15) is 5.26 Å². The minimum atomic E-state index is -0.997. The molecular weight excluding hydrogens is 106 g/mol. The quantitative estimate of drug-likeness (QED) is 0.313. The fourth-order valence-electron chi connectivity index (χ4n) is 0.374. The van der Waals surface area contributed by atoms with Crippen molar-refractivity contribution in [3.05, 3.63) is 0 Å². The Kier molecular flexibility index (Phi) is 4.23. The molecule has 0 aliphatic carbocycles. The molecule has 0 radical (unpaired) electrons. The summed E-state index contributed by atoms with van der Waals surface area (Å²) in [7, 11) is 0. The largest absolute Gasteiger partial charge is 0.422 e. The lowest BCUT2D eigenvalue weighted by atomic mass is 10.2. The van der Waals surface area contributed by atoms with E-state index >= 15 is 0 Å². The summed E-state index contributed by atoms with van der Waals surface area (Å²) in [6.45, 7) is 0. The second-order valence-corrected chi connectivity index (χ2v) is 1.57. The first-order valence-corrected chi connectivity index (χ1v) is 2.53. The molecule has 3 N–H and O–H groups in total. The first kappa shape index (κ1) is 7.41. The van der Waals surface area contributed by atoms with Crippen molar-refractivity contribution >= 4 is 0 Å². The van der Waals surface area contributed by atoms with Gasteiger partial charge in [0.05, 0.1) is 6.07 Å². The third-order valence-corrected chi connectivity index (χ3v) is 0.766. The van der Waals surface area contributed by atoms with E-state index in [-0.39, 0.29) is 0 Å². The van der Waals surface area contributed by atoms with Crippen molar-refractivity contribution in [2.45, 2.75) is 25.6 Å². The van der Waals surface area contributed by atoms with Gasteiger partial charge in [-0.3, -0.25) is 0 Å². The molecule has 0 bridgehead atoms. The number of rotatable bonds is 3. The van der Waals surface area contributed by atoms with E-state index in [4.69, 9.17) is 15.5 Å². The maximum Gasteiger partial charge on any atom is 0.260 e. The van der Waals surface area contributed by atoms with Crippen molar-refractivity contribution in [1.82, 2.24) is 0 Å². The first-order valence-electron chi connectivity index (χ1n) is 2.53. The number of nitrogens with zero attached hydrogens (tertiary/aromatic N) is 1. The molecule has 8 heavy (non-hydrogen) atoms. The Morgan fingerprint density at radius 1 is 1.75 bits per heavy atom. The van der Waals surface area contributed by atoms with Crippen molar-refractivity contribution in [3.63, 3.8) is 0 Å². The molecule has 0 aromatic rings. The maximum atomic E-state index is 8.34. The van der Waals surface area contributed by atoms with Crippen molar-refractivity contribution in [3.8, 4) is 6.07 Å². The van der Waals surface area contributed by atoms with E-state index in [2.05, 4.69) is 0 Å². The highest BCUT2D eigenvalue weighted by molar-refractivity contribution is 4.67. The zero-order valence-corrected chi connectivity index (χ0v) is 4.59. The van der Waals surface area contributed by atoms with Crippen LogP contribution in [-0.2, 0) is 0 Å². The lowest BCUT2D eigenvalue weighted by Crippen LogP contribution is -2.02. The van der Waals surface area contributed by atoms with E-state index in [0.29, 0.717) is 19.3 Å². The molecule has 0 saturated heterocycles. The molecule has 0 aliphatic heterocycles. The standard InChI is InChI=1S/C5H9NO2/c6-4-2-1-3-5(7)8/h5,7-8H,1-3H2/p+1. The van der Waals surface area contributed by atoms with Gasteiger partial charge in [0.25, 0.3) is 6.29 Å². The van der Waals surface area contributed by atoms with Gasteiger partial charge >= 0.3 is 0 Å². The second-order valence-electron chi connectivity index (χ2n) is 1.57. The normalized spacial score (nSPS) is 12.6. The smallest absolute Gasteiger partial charge is 0.260 e. The third-order valence-electron chi connectivity index (χ3n) is 0.766. The molecule has 0 heterocycles. The van der Waals surface area contributed by atoms with Crippen LogP contribution in [0.2, 0.25) is 0 Å². The fourth-order valence-corrected chi connectivity index (χ4v) is 0.374. The van der Waals surface area contributed by atoms with E-state index < -0.39 is 6.29 Å². The van der Waals surface area contributed by atoms with Crippen molar-refractivity contribution in [2.75, 3.05) is 0 Å². The number of aliphatic hydroxyl groups excluding tert-OH is 1. The van der Waals surface area contributed by atoms with Crippen LogP contribution in [0.4, 0.5) is 0 Å². The number of aliphatic hydroxyl groups is 1. The molecule has 0 amide bonds. The van der Waals surface area contributed by atoms with Gasteiger partial charge < -0.3 is 10.2 Å². The average molecular weight is 116 g/mol. The van der Waals surface area contributed by atoms with Gasteiger partial charge in [-0.25, -0.2) is 0 Å². The summed E-state index contributed by atoms with van der Waals surface area (Å²) >= 11 is 0. The fraction of sp³-hybridized carbons (Fsp3) is 0.800. The molecule has 0 aromatic carbocycles. The molecular formula is C5H10NO2+. The van der Waals surface area contributed by atoms with E-state index in [0.717, 1.165) is 0 Å². The summed E-state index contributed by atoms with van der Waals surface area (Å²) in [5.41, 5.74) is 0. The maximum absolute atomic E-state index is 8.34. The van der Waals surface area contributed by atoms with Crippen LogP contribution in [0.5, 0.6) is 0 Å². The summed E-state index contributed by atoms with van der Waals surface area (Å²) in [4.78, 5) is 0. The monoisotopic (exact) mass is 116 g/mol. The molecule has 0 spiro atoms. The van der Waals surface area contributed by atoms with Gasteiger partial charge in [0, 0.05) is 12.8 Å². The molecule has 0 fully saturated rings. The number of hydrogen-bond donors (Lipinski definition) is 1. The van der Waals surface area contributed by atoms with E-state index in [9.17, 15) is 0 Å². The molecule has 3 nitrogen and oxygen atoms in total. The SMILES string of the molecule is N#CCCCC(O)[OH2+]. The zero-order chi connectivity index (χ0) is 6.41. The summed E-state index contributed by atoms with van der Waals surface area (Å²) in [5.74, 6) is 0. The van der Waals surface area contributed by atoms with Crippen LogP contribution in [0.25, 0.3) is 0 Å². The summed E-state index contributed by atoms with van der Waals surface area (Å²) in [5, 5.41) is 22.9. The molecule has 1 unspecified atom stereocenters. The molecule has 1 atom stereocenters. The first-order chi connectivity index (χ1) is 3.77. The molecule has 0 aliphatic rings. The lowest BCUT2D eigenvalue weighted by molar-refractivity contribution is -0.0459. The predicted molar refractivity (Wildman–Crippen MR) is 29.1 cm³/mol. The number of hydrogen-bond acceptors (Lipinski definition) is 2. The highest BCUT2D eigenvalue weighted by Crippen LogP contribution is 1.95. The molecule has 0 rings (SSSR count). The number of unbranched alkanes of at least 4 members (excludes halogenated alkanes) is 1. The summed E-state index contributed by atoms with van der Waals surface area (Å²) in [6.07, 6.45) is 0.480. The Bertz CT molecular complexity index is 84.9. The van der Waals surface area contributed by atoms with Crippen LogP contribution in [0.15, 0.2) is 0 Å². The van der Waals surface area contributed by atoms with Crippen LogP contribution in [-0.4, -0.2) is 16.5 Å². The van der Waals surface area contributed by atoms with E-state index in [1.54, 1.807) is 0 Å². The van der Waals surface area contributed by atoms with Crippen LogP contribution >= 0.6 is 0 Å². The van der Waals surface area contributed by atoms with Crippen LogP contribution in [0.3, 0.4) is 0 Å². The molecule has 0 aromatic heterocycles. The third kappa shape index (κ3) is 5.41. The molecule has 46 valence electrons.